The van der Waals surface area contributed by atoms with Gasteiger partial charge in [0, 0.05) is 18.6 Å². The molecule has 2 atom stereocenters. The maximum absolute atomic E-state index is 11.5. The Hall–Kier alpha value is -0.870. The van der Waals surface area contributed by atoms with Crippen LogP contribution in [-0.4, -0.2) is 25.2 Å². The highest BCUT2D eigenvalue weighted by molar-refractivity contribution is 5.86. The van der Waals surface area contributed by atoms with Crippen LogP contribution in [0.5, 0.6) is 0 Å². The number of hydrogen-bond donors (Lipinski definition) is 0. The SMILES string of the molecule is C=C(C)C(=O)OC(CC)OC(CCC)OCCCC. The van der Waals surface area contributed by atoms with Crippen LogP contribution in [0.2, 0.25) is 0 Å². The number of unbranched alkanes of at least 4 members (excludes halogenated alkanes) is 1. The average molecular weight is 272 g/mol. The van der Waals surface area contributed by atoms with Gasteiger partial charge in [-0.1, -0.05) is 40.2 Å². The molecule has 0 saturated carbocycles. The summed E-state index contributed by atoms with van der Waals surface area (Å²) in [5.74, 6) is -0.421. The molecule has 0 rings (SSSR count). The number of carbonyl (C=O) groups is 1. The molecule has 0 heterocycles. The van der Waals surface area contributed by atoms with E-state index in [0.29, 0.717) is 18.6 Å². The Morgan fingerprint density at radius 1 is 1.16 bits per heavy atom. The van der Waals surface area contributed by atoms with E-state index in [9.17, 15) is 4.79 Å². The molecule has 0 aliphatic heterocycles. The molecule has 0 aromatic rings. The number of ether oxygens (including phenoxy) is 3. The zero-order valence-corrected chi connectivity index (χ0v) is 12.7. The molecule has 0 aromatic carbocycles. The van der Waals surface area contributed by atoms with Gasteiger partial charge in [-0.3, -0.25) is 0 Å². The molecule has 0 fully saturated rings. The second-order valence-electron chi connectivity index (χ2n) is 4.60. The Morgan fingerprint density at radius 3 is 2.32 bits per heavy atom. The van der Waals surface area contributed by atoms with Gasteiger partial charge >= 0.3 is 5.97 Å². The summed E-state index contributed by atoms with van der Waals surface area (Å²) in [6.45, 7) is 11.9. The standard InChI is InChI=1S/C15H28O4/c1-6-9-11-17-14(10-7-2)18-13(8-3)19-15(16)12(4)5/h13-14H,4,6-11H2,1-3,5H3. The van der Waals surface area contributed by atoms with Crippen molar-refractivity contribution in [3.05, 3.63) is 12.2 Å². The molecule has 19 heavy (non-hydrogen) atoms. The van der Waals surface area contributed by atoms with Gasteiger partial charge in [0.1, 0.15) is 0 Å². The largest absolute Gasteiger partial charge is 0.432 e. The van der Waals surface area contributed by atoms with Crippen molar-refractivity contribution in [1.82, 2.24) is 0 Å². The lowest BCUT2D eigenvalue weighted by atomic mass is 10.3. The number of hydrogen-bond acceptors (Lipinski definition) is 4. The van der Waals surface area contributed by atoms with Gasteiger partial charge in [-0.05, 0) is 19.8 Å². The molecular formula is C15H28O4. The summed E-state index contributed by atoms with van der Waals surface area (Å²) in [6.07, 6.45) is 3.57. The van der Waals surface area contributed by atoms with Crippen LogP contribution in [0, 0.1) is 0 Å². The Kier molecular flexibility index (Phi) is 10.5. The average Bonchev–Trinajstić information content (AvgIpc) is 2.37. The highest BCUT2D eigenvalue weighted by Crippen LogP contribution is 2.13. The normalized spacial score (nSPS) is 13.9. The van der Waals surface area contributed by atoms with Crippen LogP contribution in [0.25, 0.3) is 0 Å². The van der Waals surface area contributed by atoms with Crippen molar-refractivity contribution in [3.63, 3.8) is 0 Å². The third kappa shape index (κ3) is 8.78. The highest BCUT2D eigenvalue weighted by Gasteiger charge is 2.19. The summed E-state index contributed by atoms with van der Waals surface area (Å²) >= 11 is 0. The van der Waals surface area contributed by atoms with Gasteiger partial charge in [0.15, 0.2) is 6.29 Å². The minimum Gasteiger partial charge on any atom is -0.432 e. The van der Waals surface area contributed by atoms with Crippen molar-refractivity contribution in [2.75, 3.05) is 6.61 Å². The number of rotatable bonds is 11. The topological polar surface area (TPSA) is 44.8 Å². The van der Waals surface area contributed by atoms with E-state index in [2.05, 4.69) is 20.4 Å². The van der Waals surface area contributed by atoms with E-state index in [1.165, 1.54) is 0 Å². The lowest BCUT2D eigenvalue weighted by Gasteiger charge is -2.24. The zero-order chi connectivity index (χ0) is 14.7. The van der Waals surface area contributed by atoms with Crippen LogP contribution in [-0.2, 0) is 19.0 Å². The lowest BCUT2D eigenvalue weighted by Crippen LogP contribution is -2.29. The first kappa shape index (κ1) is 18.1. The van der Waals surface area contributed by atoms with E-state index in [0.717, 1.165) is 25.7 Å². The third-order valence-corrected chi connectivity index (χ3v) is 2.55. The summed E-state index contributed by atoms with van der Waals surface area (Å²) in [7, 11) is 0. The molecule has 4 nitrogen and oxygen atoms in total. The van der Waals surface area contributed by atoms with Crippen molar-refractivity contribution in [1.29, 1.82) is 0 Å². The minimum absolute atomic E-state index is 0.306. The monoisotopic (exact) mass is 272 g/mol. The maximum atomic E-state index is 11.5. The number of esters is 1. The van der Waals surface area contributed by atoms with Gasteiger partial charge in [0.05, 0.1) is 0 Å². The maximum Gasteiger partial charge on any atom is 0.335 e. The molecule has 0 saturated heterocycles. The van der Waals surface area contributed by atoms with Gasteiger partial charge in [0.25, 0.3) is 0 Å². The second kappa shape index (κ2) is 11.0. The van der Waals surface area contributed by atoms with Crippen LogP contribution < -0.4 is 0 Å². The lowest BCUT2D eigenvalue weighted by molar-refractivity contribution is -0.241. The molecule has 0 N–H and O–H groups in total. The first-order valence-electron chi connectivity index (χ1n) is 7.18. The van der Waals surface area contributed by atoms with Gasteiger partial charge in [0.2, 0.25) is 6.29 Å². The molecular weight excluding hydrogens is 244 g/mol. The van der Waals surface area contributed by atoms with E-state index >= 15 is 0 Å². The van der Waals surface area contributed by atoms with Gasteiger partial charge in [-0.2, -0.15) is 0 Å². The van der Waals surface area contributed by atoms with Crippen molar-refractivity contribution in [2.24, 2.45) is 0 Å². The summed E-state index contributed by atoms with van der Waals surface area (Å²) in [5.41, 5.74) is 0.376. The summed E-state index contributed by atoms with van der Waals surface area (Å²) in [5, 5.41) is 0. The van der Waals surface area contributed by atoms with Gasteiger partial charge in [-0.25, -0.2) is 4.79 Å². The fraction of sp³-hybridized carbons (Fsp3) is 0.800. The minimum atomic E-state index is -0.567. The van der Waals surface area contributed by atoms with E-state index in [1.54, 1.807) is 6.92 Å². The van der Waals surface area contributed by atoms with Crippen LogP contribution in [0.4, 0.5) is 0 Å². The fourth-order valence-corrected chi connectivity index (χ4v) is 1.38. The summed E-state index contributed by atoms with van der Waals surface area (Å²) < 4.78 is 16.6. The first-order chi connectivity index (χ1) is 9.04. The zero-order valence-electron chi connectivity index (χ0n) is 12.7. The van der Waals surface area contributed by atoms with E-state index < -0.39 is 12.3 Å². The molecule has 4 heteroatoms. The van der Waals surface area contributed by atoms with Crippen LogP contribution >= 0.6 is 0 Å². The van der Waals surface area contributed by atoms with Gasteiger partial charge in [-0.15, -0.1) is 0 Å². The highest BCUT2D eigenvalue weighted by atomic mass is 16.8. The van der Waals surface area contributed by atoms with E-state index in [4.69, 9.17) is 14.2 Å². The predicted octanol–water partition coefficient (Wildman–Crippen LogP) is 3.80. The molecule has 0 spiro atoms. The third-order valence-electron chi connectivity index (χ3n) is 2.55. The predicted molar refractivity (Wildman–Crippen MR) is 75.6 cm³/mol. The van der Waals surface area contributed by atoms with Crippen molar-refractivity contribution < 1.29 is 19.0 Å². The molecule has 0 aliphatic rings. The molecule has 2 unspecified atom stereocenters. The number of carbonyl (C=O) groups excluding carboxylic acids is 1. The van der Waals surface area contributed by atoms with E-state index in [1.807, 2.05) is 6.92 Å². The molecule has 0 aliphatic carbocycles. The smallest absolute Gasteiger partial charge is 0.335 e. The Labute approximate surface area is 117 Å². The Morgan fingerprint density at radius 2 is 1.84 bits per heavy atom. The molecule has 0 aromatic heterocycles. The van der Waals surface area contributed by atoms with Crippen LogP contribution in [0.3, 0.4) is 0 Å². The Bertz CT molecular complexity index is 263. The Balaban J connectivity index is 4.25. The van der Waals surface area contributed by atoms with Crippen LogP contribution in [0.15, 0.2) is 12.2 Å². The quantitative estimate of drug-likeness (QED) is 0.248. The van der Waals surface area contributed by atoms with E-state index in [-0.39, 0.29) is 6.29 Å². The molecule has 0 bridgehead atoms. The van der Waals surface area contributed by atoms with Crippen molar-refractivity contribution in [3.8, 4) is 0 Å². The molecule has 0 radical (unpaired) electrons. The molecule has 112 valence electrons. The summed E-state index contributed by atoms with van der Waals surface area (Å²) in [4.78, 5) is 11.5. The van der Waals surface area contributed by atoms with Gasteiger partial charge < -0.3 is 14.2 Å². The molecule has 0 amide bonds. The first-order valence-corrected chi connectivity index (χ1v) is 7.18. The van der Waals surface area contributed by atoms with Crippen LogP contribution in [0.1, 0.15) is 59.8 Å². The summed E-state index contributed by atoms with van der Waals surface area (Å²) in [6, 6.07) is 0. The fourth-order valence-electron chi connectivity index (χ4n) is 1.38. The second-order valence-corrected chi connectivity index (χ2v) is 4.60. The van der Waals surface area contributed by atoms with Crippen molar-refractivity contribution in [2.45, 2.75) is 72.4 Å². The van der Waals surface area contributed by atoms with Crippen molar-refractivity contribution >= 4 is 5.97 Å².